The van der Waals surface area contributed by atoms with Crippen LogP contribution in [0.5, 0.6) is 0 Å². The number of carbonyl (C=O) groups is 1. The molecule has 1 aromatic rings. The number of amides is 1. The van der Waals surface area contributed by atoms with Crippen molar-refractivity contribution in [3.63, 3.8) is 0 Å². The minimum Gasteiger partial charge on any atom is -0.398 e. The standard InChI is InChI=1S/C12H21N3OS/c1-9-10(13)8-11(17-9)12(16)14-6-4-5-7-15(2)3/h8H,4-7,13H2,1-3H3,(H,14,16). The van der Waals surface area contributed by atoms with Crippen molar-refractivity contribution in [2.75, 3.05) is 32.9 Å². The van der Waals surface area contributed by atoms with Crippen LogP contribution < -0.4 is 11.1 Å². The molecule has 0 spiro atoms. The van der Waals surface area contributed by atoms with Crippen LogP contribution in [0, 0.1) is 6.92 Å². The van der Waals surface area contributed by atoms with Crippen LogP contribution >= 0.6 is 11.3 Å². The summed E-state index contributed by atoms with van der Waals surface area (Å²) < 4.78 is 0. The maximum Gasteiger partial charge on any atom is 0.261 e. The number of nitrogens with zero attached hydrogens (tertiary/aromatic N) is 1. The Morgan fingerprint density at radius 2 is 2.18 bits per heavy atom. The third-order valence-electron chi connectivity index (χ3n) is 2.50. The number of nitrogen functional groups attached to an aromatic ring is 1. The molecule has 0 aliphatic rings. The molecule has 1 aromatic heterocycles. The normalized spacial score (nSPS) is 10.8. The van der Waals surface area contributed by atoms with Crippen molar-refractivity contribution >= 4 is 22.9 Å². The second-order valence-electron chi connectivity index (χ2n) is 4.39. The molecule has 1 rings (SSSR count). The molecule has 0 radical (unpaired) electrons. The van der Waals surface area contributed by atoms with Crippen LogP contribution in [0.1, 0.15) is 27.4 Å². The highest BCUT2D eigenvalue weighted by Crippen LogP contribution is 2.22. The Kier molecular flexibility index (Phi) is 5.44. The lowest BCUT2D eigenvalue weighted by molar-refractivity contribution is 0.0957. The molecule has 0 aliphatic carbocycles. The van der Waals surface area contributed by atoms with Gasteiger partial charge in [-0.25, -0.2) is 0 Å². The molecule has 0 bridgehead atoms. The minimum absolute atomic E-state index is 0.0142. The SMILES string of the molecule is Cc1sc(C(=O)NCCCCN(C)C)cc1N. The van der Waals surface area contributed by atoms with E-state index in [9.17, 15) is 4.79 Å². The Morgan fingerprint density at radius 1 is 1.47 bits per heavy atom. The number of hydrogen-bond acceptors (Lipinski definition) is 4. The number of nitrogens with one attached hydrogen (secondary N) is 1. The van der Waals surface area contributed by atoms with Gasteiger partial charge in [-0.15, -0.1) is 11.3 Å². The summed E-state index contributed by atoms with van der Waals surface area (Å²) in [7, 11) is 4.10. The summed E-state index contributed by atoms with van der Waals surface area (Å²) >= 11 is 1.45. The Labute approximate surface area is 107 Å². The number of nitrogens with two attached hydrogens (primary N) is 1. The monoisotopic (exact) mass is 255 g/mol. The summed E-state index contributed by atoms with van der Waals surface area (Å²) in [4.78, 5) is 15.6. The van der Waals surface area contributed by atoms with Crippen molar-refractivity contribution in [2.24, 2.45) is 0 Å². The predicted molar refractivity (Wildman–Crippen MR) is 73.6 cm³/mol. The van der Waals surface area contributed by atoms with Gasteiger partial charge in [-0.2, -0.15) is 0 Å². The number of aryl methyl sites for hydroxylation is 1. The molecular weight excluding hydrogens is 234 g/mol. The maximum absolute atomic E-state index is 11.7. The third kappa shape index (κ3) is 4.75. The Morgan fingerprint density at radius 3 is 2.71 bits per heavy atom. The average Bonchev–Trinajstić information content (AvgIpc) is 2.58. The zero-order valence-corrected chi connectivity index (χ0v) is 11.6. The Balaban J connectivity index is 2.26. The quantitative estimate of drug-likeness (QED) is 0.761. The second-order valence-corrected chi connectivity index (χ2v) is 5.64. The lowest BCUT2D eigenvalue weighted by Gasteiger charge is -2.08. The zero-order valence-electron chi connectivity index (χ0n) is 10.7. The van der Waals surface area contributed by atoms with E-state index in [0.717, 1.165) is 30.8 Å². The molecule has 0 atom stereocenters. The summed E-state index contributed by atoms with van der Waals surface area (Å²) in [6.45, 7) is 3.71. The molecule has 4 nitrogen and oxygen atoms in total. The molecule has 3 N–H and O–H groups in total. The number of carbonyl (C=O) groups excluding carboxylic acids is 1. The van der Waals surface area contributed by atoms with Crippen LogP contribution in [0.4, 0.5) is 5.69 Å². The fourth-order valence-corrected chi connectivity index (χ4v) is 2.31. The highest BCUT2D eigenvalue weighted by molar-refractivity contribution is 7.14. The lowest BCUT2D eigenvalue weighted by Crippen LogP contribution is -2.24. The van der Waals surface area contributed by atoms with Crippen molar-refractivity contribution < 1.29 is 4.79 Å². The van der Waals surface area contributed by atoms with Crippen LogP contribution in [0.2, 0.25) is 0 Å². The molecule has 0 aromatic carbocycles. The average molecular weight is 255 g/mol. The van der Waals surface area contributed by atoms with Crippen LogP contribution in [-0.2, 0) is 0 Å². The van der Waals surface area contributed by atoms with E-state index < -0.39 is 0 Å². The molecule has 0 saturated heterocycles. The summed E-state index contributed by atoms with van der Waals surface area (Å²) in [5.74, 6) is -0.0142. The summed E-state index contributed by atoms with van der Waals surface area (Å²) in [5.41, 5.74) is 6.41. The molecule has 0 aliphatic heterocycles. The van der Waals surface area contributed by atoms with Crippen molar-refractivity contribution in [3.05, 3.63) is 15.8 Å². The fraction of sp³-hybridized carbons (Fsp3) is 0.583. The zero-order chi connectivity index (χ0) is 12.8. The first-order valence-electron chi connectivity index (χ1n) is 5.79. The molecule has 1 amide bonds. The molecule has 0 unspecified atom stereocenters. The first kappa shape index (κ1) is 14.0. The number of rotatable bonds is 6. The van der Waals surface area contributed by atoms with Crippen LogP contribution in [0.3, 0.4) is 0 Å². The van der Waals surface area contributed by atoms with E-state index in [1.807, 2.05) is 6.92 Å². The largest absolute Gasteiger partial charge is 0.398 e. The molecule has 0 fully saturated rings. The first-order chi connectivity index (χ1) is 8.00. The van der Waals surface area contributed by atoms with Gasteiger partial charge in [0.1, 0.15) is 0 Å². The van der Waals surface area contributed by atoms with Crippen molar-refractivity contribution in [1.29, 1.82) is 0 Å². The number of unbranched alkanes of at least 4 members (excludes halogenated alkanes) is 1. The Bertz CT molecular complexity index is 354. The highest BCUT2D eigenvalue weighted by Gasteiger charge is 2.09. The van der Waals surface area contributed by atoms with Crippen LogP contribution in [0.25, 0.3) is 0 Å². The van der Waals surface area contributed by atoms with Crippen molar-refractivity contribution in [1.82, 2.24) is 10.2 Å². The lowest BCUT2D eigenvalue weighted by atomic mass is 10.3. The van der Waals surface area contributed by atoms with E-state index in [0.29, 0.717) is 10.6 Å². The van der Waals surface area contributed by atoms with Crippen LogP contribution in [0.15, 0.2) is 6.07 Å². The van der Waals surface area contributed by atoms with E-state index in [1.54, 1.807) is 6.07 Å². The molecule has 96 valence electrons. The van der Waals surface area contributed by atoms with Crippen molar-refractivity contribution in [3.8, 4) is 0 Å². The third-order valence-corrected chi connectivity index (χ3v) is 3.56. The molecular formula is C12H21N3OS. The fourth-order valence-electron chi connectivity index (χ4n) is 1.45. The predicted octanol–water partition coefficient (Wildman–Crippen LogP) is 1.71. The van der Waals surface area contributed by atoms with Gasteiger partial charge in [0.15, 0.2) is 0 Å². The first-order valence-corrected chi connectivity index (χ1v) is 6.61. The topological polar surface area (TPSA) is 58.4 Å². The molecule has 0 saturated carbocycles. The van der Waals surface area contributed by atoms with Crippen molar-refractivity contribution in [2.45, 2.75) is 19.8 Å². The van der Waals surface area contributed by atoms with Gasteiger partial charge in [-0.1, -0.05) is 0 Å². The Hall–Kier alpha value is -1.07. The van der Waals surface area contributed by atoms with E-state index in [-0.39, 0.29) is 5.91 Å². The molecule has 17 heavy (non-hydrogen) atoms. The van der Waals surface area contributed by atoms with E-state index in [2.05, 4.69) is 24.3 Å². The van der Waals surface area contributed by atoms with Gasteiger partial charge in [-0.3, -0.25) is 4.79 Å². The molecule has 5 heteroatoms. The van der Waals surface area contributed by atoms with Gasteiger partial charge in [-0.05, 0) is 46.5 Å². The van der Waals surface area contributed by atoms with Crippen LogP contribution in [-0.4, -0.2) is 38.0 Å². The van der Waals surface area contributed by atoms with Gasteiger partial charge in [0, 0.05) is 17.1 Å². The number of anilines is 1. The van der Waals surface area contributed by atoms with E-state index >= 15 is 0 Å². The highest BCUT2D eigenvalue weighted by atomic mass is 32.1. The van der Waals surface area contributed by atoms with Gasteiger partial charge in [0.25, 0.3) is 5.91 Å². The van der Waals surface area contributed by atoms with E-state index in [4.69, 9.17) is 5.73 Å². The van der Waals surface area contributed by atoms with E-state index in [1.165, 1.54) is 11.3 Å². The molecule has 1 heterocycles. The van der Waals surface area contributed by atoms with Gasteiger partial charge in [0.2, 0.25) is 0 Å². The maximum atomic E-state index is 11.7. The van der Waals surface area contributed by atoms with Gasteiger partial charge in [0.05, 0.1) is 4.88 Å². The van der Waals surface area contributed by atoms with Gasteiger partial charge >= 0.3 is 0 Å². The number of hydrogen-bond donors (Lipinski definition) is 2. The second kappa shape index (κ2) is 6.61. The minimum atomic E-state index is -0.0142. The summed E-state index contributed by atoms with van der Waals surface area (Å²) in [5, 5.41) is 2.91. The number of thiophene rings is 1. The van der Waals surface area contributed by atoms with Gasteiger partial charge < -0.3 is 16.0 Å². The summed E-state index contributed by atoms with van der Waals surface area (Å²) in [6, 6.07) is 1.75. The smallest absolute Gasteiger partial charge is 0.261 e. The summed E-state index contributed by atoms with van der Waals surface area (Å²) in [6.07, 6.45) is 2.10.